The molecule has 0 bridgehead atoms. The summed E-state index contributed by atoms with van der Waals surface area (Å²) >= 11 is 0. The molecular weight excluding hydrogens is 462 g/mol. The summed E-state index contributed by atoms with van der Waals surface area (Å²) in [6.07, 6.45) is 3.84. The Hall–Kier alpha value is -2.87. The lowest BCUT2D eigenvalue weighted by molar-refractivity contribution is -0.127. The molecule has 0 spiro atoms. The Bertz CT molecular complexity index is 1180. The SMILES string of the molecule is CC(C)(C)c1ccc(S(=O)(=O)Nc2ccc(C3(C(=O)NCCCN4CCCC4=O)CC3)cc2)cc1. The molecule has 2 fully saturated rings. The van der Waals surface area contributed by atoms with Crippen LogP contribution >= 0.6 is 0 Å². The van der Waals surface area contributed by atoms with E-state index in [0.717, 1.165) is 43.4 Å². The number of sulfonamides is 1. The van der Waals surface area contributed by atoms with Gasteiger partial charge < -0.3 is 10.2 Å². The molecule has 35 heavy (non-hydrogen) atoms. The predicted octanol–water partition coefficient (Wildman–Crippen LogP) is 3.95. The van der Waals surface area contributed by atoms with Crippen LogP contribution in [0.15, 0.2) is 53.4 Å². The van der Waals surface area contributed by atoms with Crippen molar-refractivity contribution in [3.63, 3.8) is 0 Å². The maximum atomic E-state index is 12.9. The standard InChI is InChI=1S/C27H35N3O4S/c1-26(2,3)20-9-13-23(14-10-20)35(33,34)29-22-11-7-21(8-12-22)27(15-16-27)25(32)28-17-5-19-30-18-4-6-24(30)31/h7-14,29H,4-6,15-19H2,1-3H3,(H,28,32). The number of rotatable bonds is 9. The molecule has 1 aliphatic heterocycles. The average Bonchev–Trinajstić information content (AvgIpc) is 3.53. The van der Waals surface area contributed by atoms with Gasteiger partial charge in [-0.2, -0.15) is 0 Å². The van der Waals surface area contributed by atoms with Gasteiger partial charge in [-0.1, -0.05) is 45.0 Å². The smallest absolute Gasteiger partial charge is 0.261 e. The molecule has 1 saturated heterocycles. The van der Waals surface area contributed by atoms with Gasteiger partial charge in [0, 0.05) is 31.7 Å². The highest BCUT2D eigenvalue weighted by atomic mass is 32.2. The first-order valence-corrected chi connectivity index (χ1v) is 13.8. The van der Waals surface area contributed by atoms with Crippen molar-refractivity contribution in [3.8, 4) is 0 Å². The number of likely N-dealkylation sites (tertiary alicyclic amines) is 1. The van der Waals surface area contributed by atoms with Gasteiger partial charge in [0.25, 0.3) is 10.0 Å². The number of hydrogen-bond acceptors (Lipinski definition) is 4. The summed E-state index contributed by atoms with van der Waals surface area (Å²) in [4.78, 5) is 26.6. The number of amides is 2. The van der Waals surface area contributed by atoms with Crippen molar-refractivity contribution in [2.75, 3.05) is 24.4 Å². The van der Waals surface area contributed by atoms with Crippen LogP contribution in [0.1, 0.15) is 64.0 Å². The first kappa shape index (κ1) is 25.2. The molecule has 2 amide bonds. The first-order chi connectivity index (χ1) is 16.5. The summed E-state index contributed by atoms with van der Waals surface area (Å²) in [6, 6.07) is 14.0. The third-order valence-electron chi connectivity index (χ3n) is 6.97. The van der Waals surface area contributed by atoms with E-state index in [1.165, 1.54) is 0 Å². The van der Waals surface area contributed by atoms with Crippen molar-refractivity contribution in [2.45, 2.75) is 68.6 Å². The topological polar surface area (TPSA) is 95.6 Å². The highest BCUT2D eigenvalue weighted by Gasteiger charge is 2.51. The lowest BCUT2D eigenvalue weighted by Crippen LogP contribution is -2.36. The number of carbonyl (C=O) groups excluding carboxylic acids is 2. The minimum atomic E-state index is -3.71. The number of anilines is 1. The van der Waals surface area contributed by atoms with Crippen LogP contribution in [-0.2, 0) is 30.4 Å². The summed E-state index contributed by atoms with van der Waals surface area (Å²) in [7, 11) is -3.71. The second-order valence-electron chi connectivity index (χ2n) is 10.6. The van der Waals surface area contributed by atoms with Gasteiger partial charge in [0.1, 0.15) is 0 Å². The Balaban J connectivity index is 1.34. The second kappa shape index (κ2) is 9.64. The van der Waals surface area contributed by atoms with Crippen molar-refractivity contribution in [1.29, 1.82) is 0 Å². The zero-order valence-electron chi connectivity index (χ0n) is 20.8. The van der Waals surface area contributed by atoms with E-state index in [1.807, 2.05) is 29.2 Å². The molecule has 7 nitrogen and oxygen atoms in total. The highest BCUT2D eigenvalue weighted by molar-refractivity contribution is 7.92. The van der Waals surface area contributed by atoms with Crippen molar-refractivity contribution in [3.05, 3.63) is 59.7 Å². The normalized spacial score (nSPS) is 17.3. The molecule has 0 atom stereocenters. The third-order valence-corrected chi connectivity index (χ3v) is 8.36. The molecule has 0 radical (unpaired) electrons. The molecule has 2 aromatic carbocycles. The van der Waals surface area contributed by atoms with E-state index in [2.05, 4.69) is 30.8 Å². The first-order valence-electron chi connectivity index (χ1n) is 12.3. The number of nitrogens with zero attached hydrogens (tertiary/aromatic N) is 1. The van der Waals surface area contributed by atoms with Crippen molar-refractivity contribution in [2.24, 2.45) is 0 Å². The van der Waals surface area contributed by atoms with Crippen LogP contribution in [0.25, 0.3) is 0 Å². The summed E-state index contributed by atoms with van der Waals surface area (Å²) < 4.78 is 28.3. The third kappa shape index (κ3) is 5.69. The lowest BCUT2D eigenvalue weighted by Gasteiger charge is -2.19. The minimum Gasteiger partial charge on any atom is -0.355 e. The number of nitrogens with one attached hydrogen (secondary N) is 2. The Morgan fingerprint density at radius 3 is 2.23 bits per heavy atom. The van der Waals surface area contributed by atoms with Gasteiger partial charge in [-0.25, -0.2) is 8.42 Å². The largest absolute Gasteiger partial charge is 0.355 e. The number of hydrogen-bond donors (Lipinski definition) is 2. The van der Waals surface area contributed by atoms with Crippen LogP contribution in [0.4, 0.5) is 5.69 Å². The van der Waals surface area contributed by atoms with Crippen LogP contribution in [0.5, 0.6) is 0 Å². The fraction of sp³-hybridized carbons (Fsp3) is 0.481. The Labute approximate surface area is 208 Å². The highest BCUT2D eigenvalue weighted by Crippen LogP contribution is 2.48. The quantitative estimate of drug-likeness (QED) is 0.513. The van der Waals surface area contributed by atoms with Gasteiger partial charge in [0.2, 0.25) is 11.8 Å². The molecule has 8 heteroatoms. The molecule has 2 N–H and O–H groups in total. The van der Waals surface area contributed by atoms with E-state index in [1.54, 1.807) is 24.3 Å². The van der Waals surface area contributed by atoms with Crippen molar-refractivity contribution in [1.82, 2.24) is 10.2 Å². The Morgan fingerprint density at radius 2 is 1.69 bits per heavy atom. The monoisotopic (exact) mass is 497 g/mol. The predicted molar refractivity (Wildman–Crippen MR) is 137 cm³/mol. The van der Waals surface area contributed by atoms with Gasteiger partial charge in [0.05, 0.1) is 10.3 Å². The van der Waals surface area contributed by atoms with Gasteiger partial charge in [0.15, 0.2) is 0 Å². The van der Waals surface area contributed by atoms with Crippen LogP contribution in [-0.4, -0.2) is 44.8 Å². The summed E-state index contributed by atoms with van der Waals surface area (Å²) in [5.74, 6) is 0.199. The van der Waals surface area contributed by atoms with Crippen LogP contribution in [0, 0.1) is 0 Å². The van der Waals surface area contributed by atoms with E-state index >= 15 is 0 Å². The summed E-state index contributed by atoms with van der Waals surface area (Å²) in [5.41, 5.74) is 1.83. The van der Waals surface area contributed by atoms with Crippen molar-refractivity contribution >= 4 is 27.5 Å². The van der Waals surface area contributed by atoms with E-state index in [4.69, 9.17) is 0 Å². The minimum absolute atomic E-state index is 0.00230. The van der Waals surface area contributed by atoms with E-state index < -0.39 is 15.4 Å². The zero-order chi connectivity index (χ0) is 25.3. The molecule has 1 heterocycles. The van der Waals surface area contributed by atoms with E-state index in [0.29, 0.717) is 25.2 Å². The molecule has 4 rings (SSSR count). The van der Waals surface area contributed by atoms with Crippen LogP contribution < -0.4 is 10.0 Å². The van der Waals surface area contributed by atoms with Crippen LogP contribution in [0.2, 0.25) is 0 Å². The van der Waals surface area contributed by atoms with Crippen molar-refractivity contribution < 1.29 is 18.0 Å². The van der Waals surface area contributed by atoms with E-state index in [9.17, 15) is 18.0 Å². The molecule has 188 valence electrons. The maximum absolute atomic E-state index is 12.9. The number of carbonyl (C=O) groups is 2. The van der Waals surface area contributed by atoms with Gasteiger partial charge in [-0.15, -0.1) is 0 Å². The molecule has 0 aromatic heterocycles. The fourth-order valence-electron chi connectivity index (χ4n) is 4.56. The summed E-state index contributed by atoms with van der Waals surface area (Å²) in [5, 5.41) is 3.02. The Morgan fingerprint density at radius 1 is 1.03 bits per heavy atom. The lowest BCUT2D eigenvalue weighted by atomic mass is 9.87. The Kier molecular flexibility index (Phi) is 6.95. The molecule has 1 saturated carbocycles. The molecule has 2 aliphatic rings. The second-order valence-corrected chi connectivity index (χ2v) is 12.3. The van der Waals surface area contributed by atoms with Crippen LogP contribution in [0.3, 0.4) is 0 Å². The zero-order valence-corrected chi connectivity index (χ0v) is 21.6. The van der Waals surface area contributed by atoms with E-state index in [-0.39, 0.29) is 22.1 Å². The number of benzene rings is 2. The van der Waals surface area contributed by atoms with Gasteiger partial charge in [-0.3, -0.25) is 14.3 Å². The molecule has 2 aromatic rings. The summed E-state index contributed by atoms with van der Waals surface area (Å²) in [6.45, 7) is 8.28. The van der Waals surface area contributed by atoms with Gasteiger partial charge in [-0.05, 0) is 66.5 Å². The molecule has 1 aliphatic carbocycles. The average molecular weight is 498 g/mol. The molecular formula is C27H35N3O4S. The van der Waals surface area contributed by atoms with Gasteiger partial charge >= 0.3 is 0 Å². The maximum Gasteiger partial charge on any atom is 0.261 e. The molecule has 0 unspecified atom stereocenters. The fourth-order valence-corrected chi connectivity index (χ4v) is 5.62.